The standard InChI is InChI=1S/C22H24O3/c1-5-22(3,4)25-21-14-10-9-13-19(21)20(24-17(2)23)16-15-18-11-7-6-8-12-18/h5-16,20H,1H2,2-4H3/b16-15+. The summed E-state index contributed by atoms with van der Waals surface area (Å²) in [7, 11) is 0. The van der Waals surface area contributed by atoms with E-state index in [-0.39, 0.29) is 5.97 Å². The van der Waals surface area contributed by atoms with Crippen LogP contribution in [-0.2, 0) is 9.53 Å². The first-order valence-electron chi connectivity index (χ1n) is 8.23. The lowest BCUT2D eigenvalue weighted by molar-refractivity contribution is -0.144. The Morgan fingerprint density at radius 1 is 1.08 bits per heavy atom. The third-order valence-electron chi connectivity index (χ3n) is 3.65. The number of ether oxygens (including phenoxy) is 2. The Balaban J connectivity index is 2.36. The molecule has 1 atom stereocenters. The van der Waals surface area contributed by atoms with E-state index in [9.17, 15) is 4.79 Å². The van der Waals surface area contributed by atoms with Gasteiger partial charge in [0.2, 0.25) is 0 Å². The van der Waals surface area contributed by atoms with Gasteiger partial charge in [0, 0.05) is 12.5 Å². The number of benzene rings is 2. The molecular formula is C22H24O3. The first kappa shape index (κ1) is 18.5. The molecule has 0 bridgehead atoms. The number of para-hydroxylation sites is 1. The van der Waals surface area contributed by atoms with E-state index in [0.717, 1.165) is 11.1 Å². The number of esters is 1. The monoisotopic (exact) mass is 336 g/mol. The Hall–Kier alpha value is -2.81. The van der Waals surface area contributed by atoms with Crippen LogP contribution in [0.25, 0.3) is 6.08 Å². The maximum Gasteiger partial charge on any atom is 0.303 e. The number of rotatable bonds is 7. The largest absolute Gasteiger partial charge is 0.483 e. The third kappa shape index (κ3) is 5.64. The molecule has 0 aliphatic heterocycles. The van der Waals surface area contributed by atoms with Crippen LogP contribution >= 0.6 is 0 Å². The van der Waals surface area contributed by atoms with Crippen molar-refractivity contribution in [1.29, 1.82) is 0 Å². The molecule has 0 spiro atoms. The lowest BCUT2D eigenvalue weighted by Crippen LogP contribution is -2.25. The van der Waals surface area contributed by atoms with Crippen molar-refractivity contribution in [2.75, 3.05) is 0 Å². The molecule has 0 aromatic heterocycles. The van der Waals surface area contributed by atoms with Crippen molar-refractivity contribution in [2.24, 2.45) is 0 Å². The molecule has 0 aliphatic rings. The molecule has 1 unspecified atom stereocenters. The van der Waals surface area contributed by atoms with Crippen LogP contribution in [0.4, 0.5) is 0 Å². The van der Waals surface area contributed by atoms with Gasteiger partial charge in [0.25, 0.3) is 0 Å². The topological polar surface area (TPSA) is 35.5 Å². The first-order valence-corrected chi connectivity index (χ1v) is 8.23. The quantitative estimate of drug-likeness (QED) is 0.505. The van der Waals surface area contributed by atoms with Crippen LogP contribution in [0, 0.1) is 0 Å². The van der Waals surface area contributed by atoms with Gasteiger partial charge in [-0.25, -0.2) is 0 Å². The maximum absolute atomic E-state index is 11.6. The van der Waals surface area contributed by atoms with E-state index in [1.807, 2.05) is 80.6 Å². The summed E-state index contributed by atoms with van der Waals surface area (Å²) in [6, 6.07) is 17.4. The van der Waals surface area contributed by atoms with Gasteiger partial charge >= 0.3 is 5.97 Å². The van der Waals surface area contributed by atoms with Gasteiger partial charge in [-0.15, -0.1) is 0 Å². The van der Waals surface area contributed by atoms with Crippen molar-refractivity contribution < 1.29 is 14.3 Å². The number of carbonyl (C=O) groups is 1. The third-order valence-corrected chi connectivity index (χ3v) is 3.65. The zero-order chi connectivity index (χ0) is 18.3. The van der Waals surface area contributed by atoms with E-state index >= 15 is 0 Å². The van der Waals surface area contributed by atoms with E-state index in [0.29, 0.717) is 5.75 Å². The Morgan fingerprint density at radius 3 is 2.36 bits per heavy atom. The Kier molecular flexibility index (Phi) is 6.18. The minimum Gasteiger partial charge on any atom is -0.483 e. The van der Waals surface area contributed by atoms with Crippen molar-refractivity contribution >= 4 is 12.0 Å². The predicted molar refractivity (Wildman–Crippen MR) is 101 cm³/mol. The first-order chi connectivity index (χ1) is 11.9. The minimum absolute atomic E-state index is 0.347. The van der Waals surface area contributed by atoms with Gasteiger partial charge < -0.3 is 9.47 Å². The van der Waals surface area contributed by atoms with Crippen LogP contribution < -0.4 is 4.74 Å². The molecule has 0 radical (unpaired) electrons. The van der Waals surface area contributed by atoms with Gasteiger partial charge in [-0.2, -0.15) is 0 Å². The summed E-state index contributed by atoms with van der Waals surface area (Å²) in [4.78, 5) is 11.6. The van der Waals surface area contributed by atoms with Crippen LogP contribution in [0.3, 0.4) is 0 Å². The summed E-state index contributed by atoms with van der Waals surface area (Å²) in [5.74, 6) is 0.317. The molecule has 3 nitrogen and oxygen atoms in total. The smallest absolute Gasteiger partial charge is 0.303 e. The fourth-order valence-electron chi connectivity index (χ4n) is 2.28. The van der Waals surface area contributed by atoms with Crippen LogP contribution in [-0.4, -0.2) is 11.6 Å². The second-order valence-electron chi connectivity index (χ2n) is 6.25. The summed E-state index contributed by atoms with van der Waals surface area (Å²) < 4.78 is 11.6. The molecule has 0 saturated heterocycles. The Bertz CT molecular complexity index is 745. The molecule has 25 heavy (non-hydrogen) atoms. The van der Waals surface area contributed by atoms with Crippen molar-refractivity contribution in [3.05, 3.63) is 84.5 Å². The van der Waals surface area contributed by atoms with Crippen LogP contribution in [0.2, 0.25) is 0 Å². The molecule has 0 N–H and O–H groups in total. The van der Waals surface area contributed by atoms with Gasteiger partial charge in [0.15, 0.2) is 0 Å². The van der Waals surface area contributed by atoms with Crippen molar-refractivity contribution in [3.8, 4) is 5.75 Å². The van der Waals surface area contributed by atoms with E-state index in [1.165, 1.54) is 6.92 Å². The molecule has 0 fully saturated rings. The van der Waals surface area contributed by atoms with Gasteiger partial charge in [-0.05, 0) is 37.6 Å². The van der Waals surface area contributed by atoms with E-state index in [2.05, 4.69) is 6.58 Å². The Labute approximate surface area is 149 Å². The maximum atomic E-state index is 11.6. The zero-order valence-corrected chi connectivity index (χ0v) is 14.9. The van der Waals surface area contributed by atoms with Gasteiger partial charge in [-0.3, -0.25) is 4.79 Å². The lowest BCUT2D eigenvalue weighted by atomic mass is 10.0. The fraction of sp³-hybridized carbons (Fsp3) is 0.227. The van der Waals surface area contributed by atoms with E-state index in [1.54, 1.807) is 6.08 Å². The van der Waals surface area contributed by atoms with Gasteiger partial charge in [-0.1, -0.05) is 61.2 Å². The summed E-state index contributed by atoms with van der Waals surface area (Å²) in [6.45, 7) is 9.06. The van der Waals surface area contributed by atoms with Gasteiger partial charge in [0.1, 0.15) is 17.5 Å². The highest BCUT2D eigenvalue weighted by Crippen LogP contribution is 2.32. The summed E-state index contributed by atoms with van der Waals surface area (Å²) >= 11 is 0. The highest BCUT2D eigenvalue weighted by molar-refractivity contribution is 5.67. The second-order valence-corrected chi connectivity index (χ2v) is 6.25. The molecule has 2 aromatic rings. The summed E-state index contributed by atoms with van der Waals surface area (Å²) in [5, 5.41) is 0. The van der Waals surface area contributed by atoms with Crippen LogP contribution in [0.15, 0.2) is 73.3 Å². The van der Waals surface area contributed by atoms with Crippen molar-refractivity contribution in [1.82, 2.24) is 0 Å². The van der Waals surface area contributed by atoms with Crippen molar-refractivity contribution in [2.45, 2.75) is 32.5 Å². The van der Waals surface area contributed by atoms with Crippen molar-refractivity contribution in [3.63, 3.8) is 0 Å². The minimum atomic E-state index is -0.533. The summed E-state index contributed by atoms with van der Waals surface area (Å²) in [6.07, 6.45) is 5.00. The lowest BCUT2D eigenvalue weighted by Gasteiger charge is -2.26. The van der Waals surface area contributed by atoms with Gasteiger partial charge in [0.05, 0.1) is 0 Å². The fourth-order valence-corrected chi connectivity index (χ4v) is 2.28. The molecule has 2 aromatic carbocycles. The highest BCUT2D eigenvalue weighted by atomic mass is 16.5. The van der Waals surface area contributed by atoms with Crippen LogP contribution in [0.5, 0.6) is 5.75 Å². The zero-order valence-electron chi connectivity index (χ0n) is 14.9. The molecule has 130 valence electrons. The molecule has 2 rings (SSSR count). The molecule has 0 saturated carbocycles. The van der Waals surface area contributed by atoms with E-state index < -0.39 is 11.7 Å². The number of hydrogen-bond acceptors (Lipinski definition) is 3. The van der Waals surface area contributed by atoms with E-state index in [4.69, 9.17) is 9.47 Å². The molecule has 0 heterocycles. The highest BCUT2D eigenvalue weighted by Gasteiger charge is 2.21. The van der Waals surface area contributed by atoms with Crippen LogP contribution in [0.1, 0.15) is 38.0 Å². The second kappa shape index (κ2) is 8.34. The molecular weight excluding hydrogens is 312 g/mol. The average molecular weight is 336 g/mol. The Morgan fingerprint density at radius 2 is 1.72 bits per heavy atom. The number of carbonyl (C=O) groups excluding carboxylic acids is 1. The molecule has 0 amide bonds. The predicted octanol–water partition coefficient (Wildman–Crippen LogP) is 5.35. The SMILES string of the molecule is C=CC(C)(C)Oc1ccccc1C(/C=C/c1ccccc1)OC(C)=O. The normalized spacial score (nSPS) is 12.6. The molecule has 3 heteroatoms. The average Bonchev–Trinajstić information content (AvgIpc) is 2.59. The number of hydrogen-bond donors (Lipinski definition) is 0. The summed E-state index contributed by atoms with van der Waals surface area (Å²) in [5.41, 5.74) is 1.30. The molecule has 0 aliphatic carbocycles.